The van der Waals surface area contributed by atoms with Crippen LogP contribution in [0.25, 0.3) is 0 Å². The average Bonchev–Trinajstić information content (AvgIpc) is 2.81. The topological polar surface area (TPSA) is 65.5 Å². The quantitative estimate of drug-likeness (QED) is 0.846. The molecule has 0 spiro atoms. The minimum atomic E-state index is -0.902. The number of likely N-dealkylation sites (tertiary alicyclic amines) is 1. The van der Waals surface area contributed by atoms with Crippen molar-refractivity contribution in [2.24, 2.45) is 5.92 Å². The van der Waals surface area contributed by atoms with Crippen LogP contribution in [0.2, 0.25) is 0 Å². The van der Waals surface area contributed by atoms with E-state index in [1.165, 1.54) is 6.42 Å². The maximum absolute atomic E-state index is 11.1. The lowest BCUT2D eigenvalue weighted by molar-refractivity contribution is 0.0696. The normalized spacial score (nSPS) is 19.6. The highest BCUT2D eigenvalue weighted by Crippen LogP contribution is 2.16. The molecular weight excluding hydrogens is 242 g/mol. The lowest BCUT2D eigenvalue weighted by Crippen LogP contribution is -2.19. The van der Waals surface area contributed by atoms with Gasteiger partial charge < -0.3 is 15.3 Å². The first kappa shape index (κ1) is 13.8. The van der Waals surface area contributed by atoms with E-state index in [4.69, 9.17) is 5.11 Å². The third kappa shape index (κ3) is 3.67. The van der Waals surface area contributed by atoms with E-state index >= 15 is 0 Å². The third-order valence-corrected chi connectivity index (χ3v) is 3.55. The Hall–Kier alpha value is -1.62. The van der Waals surface area contributed by atoms with Crippen LogP contribution in [0.15, 0.2) is 12.1 Å². The Labute approximate surface area is 113 Å². The largest absolute Gasteiger partial charge is 0.478 e. The summed E-state index contributed by atoms with van der Waals surface area (Å²) in [5.41, 5.74) is 1.11. The van der Waals surface area contributed by atoms with Crippen molar-refractivity contribution in [1.29, 1.82) is 0 Å². The number of rotatable bonds is 5. The minimum Gasteiger partial charge on any atom is -0.478 e. The number of carboxylic acid groups (broad SMARTS) is 1. The third-order valence-electron chi connectivity index (χ3n) is 3.55. The van der Waals surface area contributed by atoms with Gasteiger partial charge in [-0.25, -0.2) is 9.78 Å². The van der Waals surface area contributed by atoms with Crippen LogP contribution in [-0.4, -0.2) is 47.6 Å². The van der Waals surface area contributed by atoms with Gasteiger partial charge in [-0.3, -0.25) is 0 Å². The van der Waals surface area contributed by atoms with Crippen LogP contribution < -0.4 is 5.32 Å². The van der Waals surface area contributed by atoms with Crippen molar-refractivity contribution in [3.63, 3.8) is 0 Å². The summed E-state index contributed by atoms with van der Waals surface area (Å²) in [6, 6.07) is 3.25. The summed E-state index contributed by atoms with van der Waals surface area (Å²) in [5.74, 6) is 0.386. The van der Waals surface area contributed by atoms with Crippen molar-refractivity contribution in [2.75, 3.05) is 32.0 Å². The van der Waals surface area contributed by atoms with E-state index in [-0.39, 0.29) is 0 Å². The van der Waals surface area contributed by atoms with E-state index in [2.05, 4.69) is 22.2 Å². The van der Waals surface area contributed by atoms with Gasteiger partial charge in [0, 0.05) is 18.8 Å². The molecule has 2 rings (SSSR count). The van der Waals surface area contributed by atoms with Crippen molar-refractivity contribution in [1.82, 2.24) is 9.88 Å². The molecule has 0 bridgehead atoms. The van der Waals surface area contributed by atoms with Crippen LogP contribution in [-0.2, 0) is 6.42 Å². The molecule has 0 radical (unpaired) electrons. The maximum atomic E-state index is 11.1. The van der Waals surface area contributed by atoms with Gasteiger partial charge in [0.05, 0.1) is 5.56 Å². The second kappa shape index (κ2) is 6.02. The minimum absolute atomic E-state index is 0.304. The van der Waals surface area contributed by atoms with E-state index in [1.807, 2.05) is 6.92 Å². The van der Waals surface area contributed by atoms with Crippen LogP contribution in [0.5, 0.6) is 0 Å². The summed E-state index contributed by atoms with van der Waals surface area (Å²) in [5, 5.41) is 12.4. The summed E-state index contributed by atoms with van der Waals surface area (Å²) in [7, 11) is 2.12. The van der Waals surface area contributed by atoms with Crippen LogP contribution in [0.1, 0.15) is 29.4 Å². The lowest BCUT2D eigenvalue weighted by Gasteiger charge is -2.13. The highest BCUT2D eigenvalue weighted by atomic mass is 16.4. The van der Waals surface area contributed by atoms with E-state index < -0.39 is 5.97 Å². The fourth-order valence-corrected chi connectivity index (χ4v) is 2.42. The molecule has 0 amide bonds. The SMILES string of the molecule is CCc1cc(C(=O)O)cc(NCC2CCN(C)C2)n1. The van der Waals surface area contributed by atoms with Crippen molar-refractivity contribution in [3.05, 3.63) is 23.4 Å². The maximum Gasteiger partial charge on any atom is 0.335 e. The molecule has 1 aliphatic heterocycles. The van der Waals surface area contributed by atoms with Crippen molar-refractivity contribution in [3.8, 4) is 0 Å². The fraction of sp³-hybridized carbons (Fsp3) is 0.571. The molecule has 5 nitrogen and oxygen atoms in total. The number of anilines is 1. The first-order chi connectivity index (χ1) is 9.08. The summed E-state index contributed by atoms with van der Waals surface area (Å²) < 4.78 is 0. The molecule has 19 heavy (non-hydrogen) atoms. The van der Waals surface area contributed by atoms with Gasteiger partial charge in [-0.15, -0.1) is 0 Å². The summed E-state index contributed by atoms with van der Waals surface area (Å²) in [6.07, 6.45) is 1.92. The Balaban J connectivity index is 2.02. The Bertz CT molecular complexity index is 462. The number of aromatic carboxylic acids is 1. The molecule has 104 valence electrons. The van der Waals surface area contributed by atoms with Gasteiger partial charge in [0.2, 0.25) is 0 Å². The zero-order valence-electron chi connectivity index (χ0n) is 11.5. The van der Waals surface area contributed by atoms with Crippen molar-refractivity contribution >= 4 is 11.8 Å². The summed E-state index contributed by atoms with van der Waals surface area (Å²) >= 11 is 0. The van der Waals surface area contributed by atoms with Gasteiger partial charge in [0.25, 0.3) is 0 Å². The zero-order valence-corrected chi connectivity index (χ0v) is 11.5. The summed E-state index contributed by atoms with van der Waals surface area (Å²) in [4.78, 5) is 17.8. The standard InChI is InChI=1S/C14H21N3O2/c1-3-12-6-11(14(18)19)7-13(16-12)15-8-10-4-5-17(2)9-10/h6-7,10H,3-5,8-9H2,1-2H3,(H,15,16)(H,18,19). The highest BCUT2D eigenvalue weighted by molar-refractivity contribution is 5.88. The molecule has 1 aliphatic rings. The number of hydrogen-bond acceptors (Lipinski definition) is 4. The molecule has 1 aromatic rings. The number of aryl methyl sites for hydroxylation is 1. The monoisotopic (exact) mass is 263 g/mol. The van der Waals surface area contributed by atoms with Crippen LogP contribution in [0.4, 0.5) is 5.82 Å². The number of carbonyl (C=O) groups is 1. The van der Waals surface area contributed by atoms with Gasteiger partial charge in [-0.05, 0) is 44.5 Å². The molecule has 5 heteroatoms. The fourth-order valence-electron chi connectivity index (χ4n) is 2.42. The highest BCUT2D eigenvalue weighted by Gasteiger charge is 2.19. The van der Waals surface area contributed by atoms with Gasteiger partial charge in [-0.1, -0.05) is 6.92 Å². The van der Waals surface area contributed by atoms with E-state index in [0.717, 1.165) is 31.7 Å². The molecule has 2 N–H and O–H groups in total. The number of carboxylic acids is 1. The number of hydrogen-bond donors (Lipinski definition) is 2. The Morgan fingerprint density at radius 1 is 1.58 bits per heavy atom. The Morgan fingerprint density at radius 2 is 2.37 bits per heavy atom. The Kier molecular flexibility index (Phi) is 4.37. The molecule has 0 aromatic carbocycles. The predicted molar refractivity (Wildman–Crippen MR) is 74.7 cm³/mol. The zero-order chi connectivity index (χ0) is 13.8. The molecule has 1 unspecified atom stereocenters. The molecule has 0 aliphatic carbocycles. The predicted octanol–water partition coefficient (Wildman–Crippen LogP) is 1.71. The van der Waals surface area contributed by atoms with Crippen LogP contribution in [0, 0.1) is 5.92 Å². The molecule has 1 atom stereocenters. The van der Waals surface area contributed by atoms with Crippen molar-refractivity contribution < 1.29 is 9.90 Å². The van der Waals surface area contributed by atoms with Gasteiger partial charge in [0.1, 0.15) is 5.82 Å². The van der Waals surface area contributed by atoms with E-state index in [1.54, 1.807) is 12.1 Å². The summed E-state index contributed by atoms with van der Waals surface area (Å²) in [6.45, 7) is 5.05. The Morgan fingerprint density at radius 3 is 2.95 bits per heavy atom. The average molecular weight is 263 g/mol. The second-order valence-electron chi connectivity index (χ2n) is 5.19. The van der Waals surface area contributed by atoms with E-state index in [0.29, 0.717) is 17.3 Å². The van der Waals surface area contributed by atoms with Gasteiger partial charge in [-0.2, -0.15) is 0 Å². The number of nitrogens with zero attached hydrogens (tertiary/aromatic N) is 2. The number of aromatic nitrogens is 1. The van der Waals surface area contributed by atoms with Crippen LogP contribution >= 0.6 is 0 Å². The number of pyridine rings is 1. The second-order valence-corrected chi connectivity index (χ2v) is 5.19. The smallest absolute Gasteiger partial charge is 0.335 e. The van der Waals surface area contributed by atoms with E-state index in [9.17, 15) is 4.79 Å². The molecule has 1 saturated heterocycles. The van der Waals surface area contributed by atoms with Crippen LogP contribution in [0.3, 0.4) is 0 Å². The molecule has 1 fully saturated rings. The lowest BCUT2D eigenvalue weighted by atomic mass is 10.1. The van der Waals surface area contributed by atoms with Gasteiger partial charge >= 0.3 is 5.97 Å². The molecule has 1 aromatic heterocycles. The van der Waals surface area contributed by atoms with Gasteiger partial charge in [0.15, 0.2) is 0 Å². The first-order valence-electron chi connectivity index (χ1n) is 6.75. The molecular formula is C14H21N3O2. The molecule has 0 saturated carbocycles. The molecule has 2 heterocycles. The first-order valence-corrected chi connectivity index (χ1v) is 6.75. The van der Waals surface area contributed by atoms with Crippen molar-refractivity contribution in [2.45, 2.75) is 19.8 Å². The number of nitrogens with one attached hydrogen (secondary N) is 1.